The number of fused-ring (bicyclic) bond motifs is 1. The summed E-state index contributed by atoms with van der Waals surface area (Å²) in [5, 5.41) is 21.2. The topological polar surface area (TPSA) is 62.5 Å². The summed E-state index contributed by atoms with van der Waals surface area (Å²) in [7, 11) is 0. The maximum Gasteiger partial charge on any atom is 0.154 e. The van der Waals surface area contributed by atoms with Gasteiger partial charge in [0.2, 0.25) is 0 Å². The molecular weight excluding hydrogens is 272 g/mol. The molecule has 104 valence electrons. The number of hydrogen-bond acceptors (Lipinski definition) is 5. The third kappa shape index (κ3) is 2.39. The molecule has 2 N–H and O–H groups in total. The van der Waals surface area contributed by atoms with E-state index in [1.54, 1.807) is 11.3 Å². The standard InChI is InChI=1S/C14H16N4OS/c1-2-11(8-19)16-13-3-4-14-15-7-12(18(14)17-13)10-5-6-20-9-10/h3-7,9,11,19H,2,8H2,1H3,(H,16,17). The van der Waals surface area contributed by atoms with Crippen molar-refractivity contribution in [2.24, 2.45) is 0 Å². The van der Waals surface area contributed by atoms with Crippen LogP contribution in [0.2, 0.25) is 0 Å². The van der Waals surface area contributed by atoms with Gasteiger partial charge in [-0.3, -0.25) is 0 Å². The maximum atomic E-state index is 9.26. The van der Waals surface area contributed by atoms with Gasteiger partial charge >= 0.3 is 0 Å². The summed E-state index contributed by atoms with van der Waals surface area (Å²) in [6.45, 7) is 2.12. The zero-order chi connectivity index (χ0) is 13.9. The SMILES string of the molecule is CCC(CO)Nc1ccc2ncc(-c3ccsc3)n2n1. The number of rotatable bonds is 5. The van der Waals surface area contributed by atoms with E-state index in [0.717, 1.165) is 29.1 Å². The first-order valence-electron chi connectivity index (χ1n) is 6.56. The highest BCUT2D eigenvalue weighted by Gasteiger charge is 2.10. The van der Waals surface area contributed by atoms with Crippen LogP contribution < -0.4 is 5.32 Å². The minimum Gasteiger partial charge on any atom is -0.394 e. The molecule has 0 saturated carbocycles. The van der Waals surface area contributed by atoms with Gasteiger partial charge in [-0.1, -0.05) is 6.92 Å². The van der Waals surface area contributed by atoms with Crippen molar-refractivity contribution < 1.29 is 5.11 Å². The fraction of sp³-hybridized carbons (Fsp3) is 0.286. The van der Waals surface area contributed by atoms with Gasteiger partial charge in [-0.25, -0.2) is 9.50 Å². The van der Waals surface area contributed by atoms with Gasteiger partial charge in [0.25, 0.3) is 0 Å². The Balaban J connectivity index is 1.99. The zero-order valence-corrected chi connectivity index (χ0v) is 12.0. The lowest BCUT2D eigenvalue weighted by Gasteiger charge is -2.14. The molecule has 0 amide bonds. The summed E-state index contributed by atoms with van der Waals surface area (Å²) >= 11 is 1.65. The van der Waals surface area contributed by atoms with E-state index in [-0.39, 0.29) is 12.6 Å². The first-order chi connectivity index (χ1) is 9.81. The largest absolute Gasteiger partial charge is 0.394 e. The second-order valence-electron chi connectivity index (χ2n) is 4.58. The van der Waals surface area contributed by atoms with Gasteiger partial charge < -0.3 is 10.4 Å². The number of aromatic nitrogens is 3. The van der Waals surface area contributed by atoms with Crippen LogP contribution in [0.1, 0.15) is 13.3 Å². The molecule has 0 aliphatic rings. The monoisotopic (exact) mass is 288 g/mol. The first-order valence-corrected chi connectivity index (χ1v) is 7.51. The van der Waals surface area contributed by atoms with E-state index in [9.17, 15) is 5.11 Å². The normalized spacial score (nSPS) is 12.7. The number of thiophene rings is 1. The van der Waals surface area contributed by atoms with Gasteiger partial charge in [0.05, 0.1) is 24.5 Å². The van der Waals surface area contributed by atoms with Crippen molar-refractivity contribution in [2.45, 2.75) is 19.4 Å². The molecule has 3 rings (SSSR count). The Hall–Kier alpha value is -1.92. The minimum atomic E-state index is 0.0214. The second kappa shape index (κ2) is 5.60. The van der Waals surface area contributed by atoms with Crippen LogP contribution in [0.4, 0.5) is 5.82 Å². The Kier molecular flexibility index (Phi) is 3.66. The van der Waals surface area contributed by atoms with E-state index in [0.29, 0.717) is 0 Å². The number of nitrogens with zero attached hydrogens (tertiary/aromatic N) is 3. The quantitative estimate of drug-likeness (QED) is 0.757. The number of aliphatic hydroxyl groups excluding tert-OH is 1. The summed E-state index contributed by atoms with van der Waals surface area (Å²) in [6.07, 6.45) is 2.68. The van der Waals surface area contributed by atoms with Gasteiger partial charge in [-0.15, -0.1) is 5.10 Å². The van der Waals surface area contributed by atoms with E-state index in [2.05, 4.69) is 26.8 Å². The lowest BCUT2D eigenvalue weighted by Crippen LogP contribution is -2.23. The van der Waals surface area contributed by atoms with Gasteiger partial charge in [0.15, 0.2) is 5.65 Å². The average Bonchev–Trinajstić information content (AvgIpc) is 3.12. The Morgan fingerprint density at radius 2 is 2.30 bits per heavy atom. The first kappa shape index (κ1) is 13.1. The van der Waals surface area contributed by atoms with Gasteiger partial charge in [0, 0.05) is 10.9 Å². The van der Waals surface area contributed by atoms with Crippen LogP contribution in [0.25, 0.3) is 16.9 Å². The number of hydrogen-bond donors (Lipinski definition) is 2. The van der Waals surface area contributed by atoms with Crippen molar-refractivity contribution >= 4 is 22.8 Å². The summed E-state index contributed by atoms with van der Waals surface area (Å²) in [4.78, 5) is 4.36. The van der Waals surface area contributed by atoms with Crippen LogP contribution in [0.3, 0.4) is 0 Å². The fourth-order valence-electron chi connectivity index (χ4n) is 2.04. The Bertz CT molecular complexity index is 688. The molecule has 20 heavy (non-hydrogen) atoms. The molecule has 5 nitrogen and oxygen atoms in total. The number of nitrogens with one attached hydrogen (secondary N) is 1. The molecule has 1 atom stereocenters. The lowest BCUT2D eigenvalue weighted by atomic mass is 10.2. The number of aliphatic hydroxyl groups is 1. The number of imidazole rings is 1. The van der Waals surface area contributed by atoms with Crippen molar-refractivity contribution in [1.29, 1.82) is 0 Å². The maximum absolute atomic E-state index is 9.26. The van der Waals surface area contributed by atoms with Crippen LogP contribution in [-0.2, 0) is 0 Å². The van der Waals surface area contributed by atoms with Crippen molar-refractivity contribution in [3.05, 3.63) is 35.2 Å². The summed E-state index contributed by atoms with van der Waals surface area (Å²) < 4.78 is 1.83. The highest BCUT2D eigenvalue weighted by atomic mass is 32.1. The van der Waals surface area contributed by atoms with Crippen molar-refractivity contribution in [1.82, 2.24) is 14.6 Å². The van der Waals surface area contributed by atoms with E-state index in [1.807, 2.05) is 35.1 Å². The fourth-order valence-corrected chi connectivity index (χ4v) is 2.69. The molecular formula is C14H16N4OS. The molecule has 0 spiro atoms. The van der Waals surface area contributed by atoms with Gasteiger partial charge in [-0.05, 0) is 30.0 Å². The number of anilines is 1. The van der Waals surface area contributed by atoms with Crippen molar-refractivity contribution in [3.63, 3.8) is 0 Å². The predicted molar refractivity (Wildman–Crippen MR) is 81.1 cm³/mol. The minimum absolute atomic E-state index is 0.0214. The molecule has 0 aliphatic carbocycles. The van der Waals surface area contributed by atoms with Crippen LogP contribution in [-0.4, -0.2) is 32.4 Å². The van der Waals surface area contributed by atoms with Crippen molar-refractivity contribution in [2.75, 3.05) is 11.9 Å². The summed E-state index contributed by atoms with van der Waals surface area (Å²) in [5.41, 5.74) is 2.90. The molecule has 0 bridgehead atoms. The zero-order valence-electron chi connectivity index (χ0n) is 11.2. The second-order valence-corrected chi connectivity index (χ2v) is 5.36. The Morgan fingerprint density at radius 3 is 3.00 bits per heavy atom. The molecule has 0 aliphatic heterocycles. The average molecular weight is 288 g/mol. The molecule has 0 saturated heterocycles. The van der Waals surface area contributed by atoms with Crippen LogP contribution >= 0.6 is 11.3 Å². The van der Waals surface area contributed by atoms with Crippen LogP contribution in [0.5, 0.6) is 0 Å². The predicted octanol–water partition coefficient (Wildman–Crippen LogP) is 2.64. The summed E-state index contributed by atoms with van der Waals surface area (Å²) in [6, 6.07) is 5.89. The van der Waals surface area contributed by atoms with E-state index in [1.165, 1.54) is 0 Å². The smallest absolute Gasteiger partial charge is 0.154 e. The molecule has 1 unspecified atom stereocenters. The Labute approximate surface area is 120 Å². The molecule has 0 aromatic carbocycles. The van der Waals surface area contributed by atoms with Gasteiger partial charge in [-0.2, -0.15) is 11.3 Å². The molecule has 3 aromatic rings. The third-order valence-electron chi connectivity index (χ3n) is 3.24. The summed E-state index contributed by atoms with van der Waals surface area (Å²) in [5.74, 6) is 0.743. The molecule has 0 radical (unpaired) electrons. The van der Waals surface area contributed by atoms with Crippen molar-refractivity contribution in [3.8, 4) is 11.3 Å². The molecule has 6 heteroatoms. The van der Waals surface area contributed by atoms with E-state index in [4.69, 9.17) is 0 Å². The highest BCUT2D eigenvalue weighted by Crippen LogP contribution is 2.23. The highest BCUT2D eigenvalue weighted by molar-refractivity contribution is 7.08. The third-order valence-corrected chi connectivity index (χ3v) is 3.93. The van der Waals surface area contributed by atoms with E-state index < -0.39 is 0 Å². The van der Waals surface area contributed by atoms with Gasteiger partial charge in [0.1, 0.15) is 5.82 Å². The van der Waals surface area contributed by atoms with Crippen LogP contribution in [0.15, 0.2) is 35.2 Å². The van der Waals surface area contributed by atoms with Crippen LogP contribution in [0, 0.1) is 0 Å². The molecule has 0 fully saturated rings. The molecule has 3 aromatic heterocycles. The lowest BCUT2D eigenvalue weighted by molar-refractivity contribution is 0.271. The molecule has 3 heterocycles. The van der Waals surface area contributed by atoms with E-state index >= 15 is 0 Å². The Morgan fingerprint density at radius 1 is 1.40 bits per heavy atom.